The normalized spacial score (nSPS) is 48.0. The highest BCUT2D eigenvalue weighted by Gasteiger charge is 2.70. The number of carbonyl (C=O) groups excluding carboxylic acids is 1. The zero-order valence-corrected chi connectivity index (χ0v) is 14.9. The molecular formula is C18H23IO2. The third kappa shape index (κ3) is 2.06. The van der Waals surface area contributed by atoms with E-state index >= 15 is 0 Å². The summed E-state index contributed by atoms with van der Waals surface area (Å²) in [5, 5.41) is 0. The van der Waals surface area contributed by atoms with Crippen molar-refractivity contribution in [1.82, 2.24) is 0 Å². The number of esters is 1. The van der Waals surface area contributed by atoms with Crippen LogP contribution in [-0.2, 0) is 9.53 Å². The zero-order valence-electron chi connectivity index (χ0n) is 12.8. The van der Waals surface area contributed by atoms with Crippen LogP contribution in [0.1, 0.15) is 46.0 Å². The Morgan fingerprint density at radius 1 is 1.57 bits per heavy atom. The van der Waals surface area contributed by atoms with Gasteiger partial charge < -0.3 is 4.74 Å². The van der Waals surface area contributed by atoms with E-state index in [1.54, 1.807) is 5.57 Å². The van der Waals surface area contributed by atoms with Crippen LogP contribution in [0.4, 0.5) is 0 Å². The Labute approximate surface area is 140 Å². The highest BCUT2D eigenvalue weighted by Crippen LogP contribution is 2.72. The molecule has 0 aromatic rings. The topological polar surface area (TPSA) is 26.3 Å². The summed E-state index contributed by atoms with van der Waals surface area (Å²) >= 11 is 2.33. The van der Waals surface area contributed by atoms with Crippen LogP contribution in [0.25, 0.3) is 0 Å². The van der Waals surface area contributed by atoms with E-state index in [1.165, 1.54) is 22.8 Å². The predicted molar refractivity (Wildman–Crippen MR) is 90.9 cm³/mol. The third-order valence-corrected chi connectivity index (χ3v) is 6.92. The van der Waals surface area contributed by atoms with Crippen LogP contribution in [0.2, 0.25) is 0 Å². The van der Waals surface area contributed by atoms with E-state index in [4.69, 9.17) is 4.74 Å². The van der Waals surface area contributed by atoms with Gasteiger partial charge in [0.1, 0.15) is 6.10 Å². The average molecular weight is 398 g/mol. The van der Waals surface area contributed by atoms with Crippen LogP contribution in [-0.4, -0.2) is 12.1 Å². The van der Waals surface area contributed by atoms with E-state index in [2.05, 4.69) is 48.6 Å². The maximum absolute atomic E-state index is 12.4. The number of hydrogen-bond acceptors (Lipinski definition) is 2. The van der Waals surface area contributed by atoms with E-state index < -0.39 is 0 Å². The monoisotopic (exact) mass is 398 g/mol. The fraction of sp³-hybridized carbons (Fsp3) is 0.722. The number of rotatable bonds is 2. The number of allylic oxidation sites excluding steroid dienone is 4. The van der Waals surface area contributed by atoms with Gasteiger partial charge in [-0.1, -0.05) is 24.6 Å². The van der Waals surface area contributed by atoms with Crippen molar-refractivity contribution in [3.63, 3.8) is 0 Å². The Morgan fingerprint density at radius 3 is 3.14 bits per heavy atom. The minimum Gasteiger partial charge on any atom is -0.461 e. The van der Waals surface area contributed by atoms with Crippen LogP contribution in [0, 0.1) is 29.1 Å². The van der Waals surface area contributed by atoms with E-state index in [1.807, 2.05) is 0 Å². The molecule has 0 aromatic heterocycles. The lowest BCUT2D eigenvalue weighted by Crippen LogP contribution is -2.24. The van der Waals surface area contributed by atoms with E-state index in [9.17, 15) is 4.79 Å². The first kappa shape index (κ1) is 14.3. The van der Waals surface area contributed by atoms with E-state index in [0.29, 0.717) is 17.3 Å². The Hall–Kier alpha value is -0.320. The molecular weight excluding hydrogens is 375 g/mol. The SMILES string of the molecule is C/C(I)=C/C[C@H]1C(=O)O[C@@H]2[C@@H]1CCC1=CCC[C@]3(C)[C@H]2[C@@H]13. The molecule has 0 aromatic carbocycles. The summed E-state index contributed by atoms with van der Waals surface area (Å²) in [6.07, 6.45) is 10.6. The highest BCUT2D eigenvalue weighted by molar-refractivity contribution is 14.1. The molecule has 0 radical (unpaired) electrons. The smallest absolute Gasteiger partial charge is 0.309 e. The van der Waals surface area contributed by atoms with Crippen LogP contribution in [0.15, 0.2) is 21.3 Å². The van der Waals surface area contributed by atoms with Crippen molar-refractivity contribution in [3.8, 4) is 0 Å². The Kier molecular flexibility index (Phi) is 3.29. The molecule has 2 nitrogen and oxygen atoms in total. The maximum atomic E-state index is 12.4. The molecule has 1 aliphatic heterocycles. The maximum Gasteiger partial charge on any atom is 0.309 e. The zero-order chi connectivity index (χ0) is 14.8. The molecule has 0 bridgehead atoms. The summed E-state index contributed by atoms with van der Waals surface area (Å²) in [6.45, 7) is 4.52. The van der Waals surface area contributed by atoms with Crippen molar-refractivity contribution in [2.75, 3.05) is 0 Å². The lowest BCUT2D eigenvalue weighted by atomic mass is 9.79. The summed E-state index contributed by atoms with van der Waals surface area (Å²) in [7, 11) is 0. The van der Waals surface area contributed by atoms with Crippen molar-refractivity contribution in [2.45, 2.75) is 52.1 Å². The van der Waals surface area contributed by atoms with Gasteiger partial charge in [0.15, 0.2) is 0 Å². The molecule has 0 spiro atoms. The predicted octanol–water partition coefficient (Wildman–Crippen LogP) is 4.64. The lowest BCUT2D eigenvalue weighted by Gasteiger charge is -2.24. The first-order valence-corrected chi connectivity index (χ1v) is 9.32. The standard InChI is InChI=1S/C18H23IO2/c1-10(19)5-7-13-12-8-6-11-4-3-9-18(2)14(11)15(18)16(12)21-17(13)20/h4-5,12-16H,3,6-9H2,1-2H3/b10-5-/t12-,13-,14-,15+,16-,18+/m1/s1. The fourth-order valence-electron chi connectivity index (χ4n) is 5.41. The first-order valence-electron chi connectivity index (χ1n) is 8.24. The van der Waals surface area contributed by atoms with Crippen molar-refractivity contribution < 1.29 is 9.53 Å². The second-order valence-corrected chi connectivity index (χ2v) is 9.27. The van der Waals surface area contributed by atoms with Gasteiger partial charge >= 0.3 is 5.97 Å². The number of fused-ring (bicyclic) bond motifs is 3. The second kappa shape index (κ2) is 4.84. The van der Waals surface area contributed by atoms with Crippen molar-refractivity contribution >= 4 is 28.6 Å². The summed E-state index contributed by atoms with van der Waals surface area (Å²) in [5.41, 5.74) is 2.11. The molecule has 3 fully saturated rings. The molecule has 2 saturated carbocycles. The minimum absolute atomic E-state index is 0.0681. The molecule has 3 heteroatoms. The molecule has 1 heterocycles. The summed E-state index contributed by atoms with van der Waals surface area (Å²) < 4.78 is 7.19. The van der Waals surface area contributed by atoms with E-state index in [0.717, 1.165) is 18.8 Å². The quantitative estimate of drug-likeness (QED) is 0.385. The molecule has 0 N–H and O–H groups in total. The van der Waals surface area contributed by atoms with Gasteiger partial charge in [0.2, 0.25) is 0 Å². The molecule has 0 amide bonds. The first-order chi connectivity index (χ1) is 10.0. The average Bonchev–Trinajstić information content (AvgIpc) is 2.99. The van der Waals surface area contributed by atoms with Crippen molar-refractivity contribution in [3.05, 3.63) is 21.3 Å². The van der Waals surface area contributed by atoms with Crippen LogP contribution < -0.4 is 0 Å². The molecule has 0 unspecified atom stereocenters. The number of hydrogen-bond donors (Lipinski definition) is 0. The van der Waals surface area contributed by atoms with Crippen LogP contribution in [0.5, 0.6) is 0 Å². The number of halogens is 1. The second-order valence-electron chi connectivity index (χ2n) is 7.56. The van der Waals surface area contributed by atoms with Gasteiger partial charge in [-0.05, 0) is 76.5 Å². The third-order valence-electron chi connectivity index (χ3n) is 6.48. The molecule has 114 valence electrons. The van der Waals surface area contributed by atoms with Gasteiger partial charge in [-0.15, -0.1) is 0 Å². The Morgan fingerprint density at radius 2 is 2.38 bits per heavy atom. The van der Waals surface area contributed by atoms with Crippen molar-refractivity contribution in [2.24, 2.45) is 29.1 Å². The fourth-order valence-corrected chi connectivity index (χ4v) is 5.66. The Bertz CT molecular complexity index is 545. The number of carbonyl (C=O) groups is 1. The van der Waals surface area contributed by atoms with Gasteiger partial charge in [-0.2, -0.15) is 0 Å². The van der Waals surface area contributed by atoms with Crippen molar-refractivity contribution in [1.29, 1.82) is 0 Å². The van der Waals surface area contributed by atoms with Crippen LogP contribution >= 0.6 is 22.6 Å². The summed E-state index contributed by atoms with van der Waals surface area (Å²) in [4.78, 5) is 12.4. The molecule has 4 aliphatic rings. The number of ether oxygens (including phenoxy) is 1. The van der Waals surface area contributed by atoms with Crippen LogP contribution in [0.3, 0.4) is 0 Å². The van der Waals surface area contributed by atoms with Gasteiger partial charge in [0.05, 0.1) is 5.92 Å². The molecule has 1 saturated heterocycles. The highest BCUT2D eigenvalue weighted by atomic mass is 127. The van der Waals surface area contributed by atoms with Gasteiger partial charge in [0, 0.05) is 11.8 Å². The largest absolute Gasteiger partial charge is 0.461 e. The lowest BCUT2D eigenvalue weighted by molar-refractivity contribution is -0.145. The van der Waals surface area contributed by atoms with Gasteiger partial charge in [-0.25, -0.2) is 0 Å². The molecule has 4 rings (SSSR count). The minimum atomic E-state index is 0.0681. The summed E-state index contributed by atoms with van der Waals surface area (Å²) in [5.74, 6) is 1.94. The summed E-state index contributed by atoms with van der Waals surface area (Å²) in [6, 6.07) is 0. The molecule has 21 heavy (non-hydrogen) atoms. The van der Waals surface area contributed by atoms with Gasteiger partial charge in [-0.3, -0.25) is 4.79 Å². The van der Waals surface area contributed by atoms with E-state index in [-0.39, 0.29) is 18.0 Å². The van der Waals surface area contributed by atoms with Gasteiger partial charge in [0.25, 0.3) is 0 Å². The molecule has 3 aliphatic carbocycles. The molecule has 6 atom stereocenters. The Balaban J connectivity index is 1.62.